The van der Waals surface area contributed by atoms with Crippen LogP contribution in [0, 0.1) is 0 Å². The maximum atomic E-state index is 3.60. The van der Waals surface area contributed by atoms with Crippen LogP contribution in [0.4, 0.5) is 0 Å². The number of nitrogens with one attached hydrogen (secondary N) is 1. The van der Waals surface area contributed by atoms with Crippen molar-refractivity contribution in [2.45, 2.75) is 19.8 Å². The zero-order valence-electron chi connectivity index (χ0n) is 7.92. The zero-order valence-corrected chi connectivity index (χ0v) is 7.92. The van der Waals surface area contributed by atoms with Crippen LogP contribution in [0.25, 0.3) is 0 Å². The fraction of sp³-hybridized carbons (Fsp3) is 0.455. The summed E-state index contributed by atoms with van der Waals surface area (Å²) in [6.45, 7) is 7.85. The van der Waals surface area contributed by atoms with E-state index in [9.17, 15) is 0 Å². The largest absolute Gasteiger partial charge is 0.313 e. The third kappa shape index (κ3) is 9.18. The van der Waals surface area contributed by atoms with E-state index in [-0.39, 0.29) is 0 Å². The van der Waals surface area contributed by atoms with E-state index >= 15 is 0 Å². The molecule has 1 nitrogen and oxygen atoms in total. The molecule has 1 heteroatoms. The Balaban J connectivity index is 3.14. The summed E-state index contributed by atoms with van der Waals surface area (Å²) in [7, 11) is 0. The molecule has 0 radical (unpaired) electrons. The summed E-state index contributed by atoms with van der Waals surface area (Å²) in [6, 6.07) is 0. The summed E-state index contributed by atoms with van der Waals surface area (Å²) in [6.07, 6.45) is 12.4. The predicted octanol–water partition coefficient (Wildman–Crippen LogP) is 2.67. The molecule has 0 aliphatic heterocycles. The third-order valence-electron chi connectivity index (χ3n) is 1.40. The van der Waals surface area contributed by atoms with Gasteiger partial charge in [0.1, 0.15) is 0 Å². The smallest absolute Gasteiger partial charge is 0.0134 e. The first kappa shape index (κ1) is 11.2. The average molecular weight is 165 g/mol. The molecule has 0 rings (SSSR count). The molecule has 12 heavy (non-hydrogen) atoms. The number of hydrogen-bond acceptors (Lipinski definition) is 1. The molecule has 68 valence electrons. The maximum absolute atomic E-state index is 3.60. The van der Waals surface area contributed by atoms with Gasteiger partial charge in [-0.05, 0) is 19.4 Å². The fourth-order valence-electron chi connectivity index (χ4n) is 0.795. The molecule has 0 aliphatic carbocycles. The van der Waals surface area contributed by atoms with Crippen molar-refractivity contribution in [2.24, 2.45) is 0 Å². The van der Waals surface area contributed by atoms with Crippen LogP contribution in [-0.4, -0.2) is 13.1 Å². The molecule has 0 unspecified atom stereocenters. The minimum absolute atomic E-state index is 0.982. The zero-order chi connectivity index (χ0) is 9.07. The number of hydrogen-bond donors (Lipinski definition) is 1. The van der Waals surface area contributed by atoms with Crippen LogP contribution in [0.3, 0.4) is 0 Å². The van der Waals surface area contributed by atoms with E-state index in [1.165, 1.54) is 6.42 Å². The van der Waals surface area contributed by atoms with Crippen molar-refractivity contribution in [3.05, 3.63) is 37.0 Å². The molecule has 0 aromatic heterocycles. The lowest BCUT2D eigenvalue weighted by atomic mass is 10.3. The van der Waals surface area contributed by atoms with Crippen LogP contribution >= 0.6 is 0 Å². The van der Waals surface area contributed by atoms with Crippen LogP contribution in [0.1, 0.15) is 19.8 Å². The Bertz CT molecular complexity index is 145. The molecule has 0 aromatic rings. The van der Waals surface area contributed by atoms with Crippen LogP contribution in [-0.2, 0) is 0 Å². The van der Waals surface area contributed by atoms with E-state index < -0.39 is 0 Å². The Morgan fingerprint density at radius 1 is 1.25 bits per heavy atom. The molecule has 0 fully saturated rings. The van der Waals surface area contributed by atoms with Gasteiger partial charge in [0, 0.05) is 6.54 Å². The van der Waals surface area contributed by atoms with Crippen molar-refractivity contribution in [2.75, 3.05) is 13.1 Å². The monoisotopic (exact) mass is 165 g/mol. The summed E-state index contributed by atoms with van der Waals surface area (Å²) in [5.74, 6) is 0. The molecule has 0 heterocycles. The van der Waals surface area contributed by atoms with E-state index in [0.717, 1.165) is 19.5 Å². The first-order valence-electron chi connectivity index (χ1n) is 4.55. The second-order valence-corrected chi connectivity index (χ2v) is 2.58. The van der Waals surface area contributed by atoms with Crippen molar-refractivity contribution in [1.82, 2.24) is 5.32 Å². The van der Waals surface area contributed by atoms with Crippen molar-refractivity contribution < 1.29 is 0 Å². The Hall–Kier alpha value is -0.820. The lowest BCUT2D eigenvalue weighted by molar-refractivity contribution is 0.728. The highest BCUT2D eigenvalue weighted by Gasteiger charge is 1.77. The Labute approximate surface area is 75.9 Å². The van der Waals surface area contributed by atoms with Crippen molar-refractivity contribution >= 4 is 0 Å². The first-order valence-corrected chi connectivity index (χ1v) is 4.55. The standard InChI is InChI=1S/C11H19N/c1-3-5-6-7-8-9-11-12-10-4-2/h3,5-6,8-9,12H,1,4,7,10-11H2,2H3. The maximum Gasteiger partial charge on any atom is 0.0134 e. The van der Waals surface area contributed by atoms with Gasteiger partial charge in [0.05, 0.1) is 0 Å². The van der Waals surface area contributed by atoms with E-state index in [4.69, 9.17) is 0 Å². The Morgan fingerprint density at radius 3 is 2.75 bits per heavy atom. The lowest BCUT2D eigenvalue weighted by Crippen LogP contribution is -2.13. The van der Waals surface area contributed by atoms with E-state index in [2.05, 4.69) is 37.0 Å². The summed E-state index contributed by atoms with van der Waals surface area (Å²) in [4.78, 5) is 0. The normalized spacial score (nSPS) is 11.4. The SMILES string of the molecule is C=CC=CCC=CCNCCC. The topological polar surface area (TPSA) is 12.0 Å². The average Bonchev–Trinajstić information content (AvgIpc) is 2.10. The van der Waals surface area contributed by atoms with E-state index in [1.807, 2.05) is 6.08 Å². The quantitative estimate of drug-likeness (QED) is 0.347. The number of allylic oxidation sites excluding steroid dienone is 4. The number of rotatable bonds is 7. The summed E-state index contributed by atoms with van der Waals surface area (Å²) in [5.41, 5.74) is 0. The molecule has 0 amide bonds. The van der Waals surface area contributed by atoms with Crippen molar-refractivity contribution in [3.63, 3.8) is 0 Å². The molecule has 0 aromatic carbocycles. The van der Waals surface area contributed by atoms with Gasteiger partial charge in [-0.2, -0.15) is 0 Å². The summed E-state index contributed by atoms with van der Waals surface area (Å²) >= 11 is 0. The van der Waals surface area contributed by atoms with Gasteiger partial charge in [0.25, 0.3) is 0 Å². The van der Waals surface area contributed by atoms with Crippen LogP contribution in [0.2, 0.25) is 0 Å². The minimum atomic E-state index is 0.982. The van der Waals surface area contributed by atoms with Gasteiger partial charge < -0.3 is 5.32 Å². The van der Waals surface area contributed by atoms with Crippen LogP contribution in [0.5, 0.6) is 0 Å². The van der Waals surface area contributed by atoms with Gasteiger partial charge in [0.2, 0.25) is 0 Å². The van der Waals surface area contributed by atoms with Gasteiger partial charge in [0.15, 0.2) is 0 Å². The second kappa shape index (κ2) is 10.2. The Kier molecular flexibility index (Phi) is 9.48. The summed E-state index contributed by atoms with van der Waals surface area (Å²) in [5, 5.41) is 3.29. The highest BCUT2D eigenvalue weighted by molar-refractivity contribution is 5.01. The van der Waals surface area contributed by atoms with Gasteiger partial charge in [-0.15, -0.1) is 0 Å². The molecule has 0 saturated heterocycles. The van der Waals surface area contributed by atoms with Gasteiger partial charge >= 0.3 is 0 Å². The summed E-state index contributed by atoms with van der Waals surface area (Å²) < 4.78 is 0. The molecular weight excluding hydrogens is 146 g/mol. The molecular formula is C11H19N. The molecule has 0 saturated carbocycles. The third-order valence-corrected chi connectivity index (χ3v) is 1.40. The minimum Gasteiger partial charge on any atom is -0.313 e. The fourth-order valence-corrected chi connectivity index (χ4v) is 0.795. The van der Waals surface area contributed by atoms with E-state index in [1.54, 1.807) is 6.08 Å². The van der Waals surface area contributed by atoms with Crippen molar-refractivity contribution in [3.8, 4) is 0 Å². The predicted molar refractivity (Wildman–Crippen MR) is 56.3 cm³/mol. The van der Waals surface area contributed by atoms with Gasteiger partial charge in [-0.25, -0.2) is 0 Å². The molecule has 1 N–H and O–H groups in total. The second-order valence-electron chi connectivity index (χ2n) is 2.58. The van der Waals surface area contributed by atoms with Gasteiger partial charge in [-0.1, -0.05) is 43.9 Å². The molecule has 0 atom stereocenters. The highest BCUT2D eigenvalue weighted by Crippen LogP contribution is 1.85. The molecule has 0 aliphatic rings. The van der Waals surface area contributed by atoms with Gasteiger partial charge in [-0.3, -0.25) is 0 Å². The molecule has 0 bridgehead atoms. The molecule has 0 spiro atoms. The lowest BCUT2D eigenvalue weighted by Gasteiger charge is -1.94. The van der Waals surface area contributed by atoms with Crippen LogP contribution in [0.15, 0.2) is 37.0 Å². The van der Waals surface area contributed by atoms with Crippen LogP contribution < -0.4 is 5.32 Å². The van der Waals surface area contributed by atoms with Crippen molar-refractivity contribution in [1.29, 1.82) is 0 Å². The Morgan fingerprint density at radius 2 is 2.08 bits per heavy atom. The first-order chi connectivity index (χ1) is 5.91. The highest BCUT2D eigenvalue weighted by atomic mass is 14.8. The van der Waals surface area contributed by atoms with E-state index in [0.29, 0.717) is 0 Å².